The third kappa shape index (κ3) is 4.57. The molecule has 2 amide bonds. The maximum atomic E-state index is 13.1. The number of nitrogens with one attached hydrogen (secondary N) is 2. The molecule has 3 aromatic rings. The minimum absolute atomic E-state index is 0.109. The highest BCUT2D eigenvalue weighted by atomic mass is 16.5. The Hall–Kier alpha value is -3.45. The van der Waals surface area contributed by atoms with E-state index in [2.05, 4.69) is 15.6 Å². The summed E-state index contributed by atoms with van der Waals surface area (Å²) in [6, 6.07) is 14.2. The van der Waals surface area contributed by atoms with Gasteiger partial charge in [0.2, 0.25) is 0 Å². The lowest BCUT2D eigenvalue weighted by Gasteiger charge is -2.32. The number of aliphatic hydroxyl groups is 1. The van der Waals surface area contributed by atoms with Gasteiger partial charge in [-0.25, -0.2) is 4.98 Å². The first-order valence-electron chi connectivity index (χ1n) is 10.8. The van der Waals surface area contributed by atoms with Gasteiger partial charge in [-0.1, -0.05) is 43.5 Å². The summed E-state index contributed by atoms with van der Waals surface area (Å²) in [7, 11) is 1.59. The van der Waals surface area contributed by atoms with Crippen LogP contribution in [0.5, 0.6) is 5.75 Å². The number of carbonyl (C=O) groups is 2. The number of nitrogens with zero attached hydrogens (tertiary/aromatic N) is 1. The summed E-state index contributed by atoms with van der Waals surface area (Å²) in [5.74, 6) is -0.101. The van der Waals surface area contributed by atoms with Gasteiger partial charge in [0.15, 0.2) is 5.69 Å². The Kier molecular flexibility index (Phi) is 6.37. The number of aromatic nitrogens is 1. The number of rotatable bonds is 6. The van der Waals surface area contributed by atoms with Gasteiger partial charge in [-0.15, -0.1) is 0 Å². The summed E-state index contributed by atoms with van der Waals surface area (Å²) in [5.41, 5.74) is 0.00503. The van der Waals surface area contributed by atoms with Crippen LogP contribution in [0.3, 0.4) is 0 Å². The van der Waals surface area contributed by atoms with E-state index in [1.54, 1.807) is 31.4 Å². The molecule has 2 aromatic carbocycles. The summed E-state index contributed by atoms with van der Waals surface area (Å²) >= 11 is 0. The number of hydrogen-bond donors (Lipinski definition) is 3. The lowest BCUT2D eigenvalue weighted by atomic mass is 9.85. The molecule has 32 heavy (non-hydrogen) atoms. The Morgan fingerprint density at radius 1 is 1.00 bits per heavy atom. The largest absolute Gasteiger partial charge is 0.496 e. The molecule has 4 rings (SSSR count). The van der Waals surface area contributed by atoms with Gasteiger partial charge >= 0.3 is 0 Å². The van der Waals surface area contributed by atoms with Crippen LogP contribution < -0.4 is 15.4 Å². The smallest absolute Gasteiger partial charge is 0.272 e. The van der Waals surface area contributed by atoms with Gasteiger partial charge in [0.25, 0.3) is 11.8 Å². The molecule has 166 valence electrons. The van der Waals surface area contributed by atoms with Gasteiger partial charge in [-0.3, -0.25) is 9.59 Å². The normalized spacial score (nSPS) is 15.2. The molecule has 1 fully saturated rings. The second kappa shape index (κ2) is 9.36. The average Bonchev–Trinajstić information content (AvgIpc) is 2.82. The highest BCUT2D eigenvalue weighted by Crippen LogP contribution is 2.29. The first kappa shape index (κ1) is 21.8. The summed E-state index contributed by atoms with van der Waals surface area (Å²) in [6.07, 6.45) is 5.85. The van der Waals surface area contributed by atoms with Crippen LogP contribution in [0.1, 0.15) is 53.0 Å². The van der Waals surface area contributed by atoms with E-state index in [1.165, 1.54) is 6.20 Å². The monoisotopic (exact) mass is 433 g/mol. The number of methoxy groups -OCH3 is 1. The van der Waals surface area contributed by atoms with Crippen molar-refractivity contribution in [3.8, 4) is 5.75 Å². The van der Waals surface area contributed by atoms with Crippen LogP contribution in [0, 0.1) is 0 Å². The Labute approximate surface area is 186 Å². The molecule has 3 N–H and O–H groups in total. The van der Waals surface area contributed by atoms with Crippen molar-refractivity contribution >= 4 is 28.3 Å². The molecule has 1 aliphatic rings. The Morgan fingerprint density at radius 2 is 1.75 bits per heavy atom. The van der Waals surface area contributed by atoms with Crippen molar-refractivity contribution in [2.75, 3.05) is 19.0 Å². The number of ether oxygens (including phenoxy) is 1. The van der Waals surface area contributed by atoms with Crippen molar-refractivity contribution in [1.82, 2.24) is 10.3 Å². The highest BCUT2D eigenvalue weighted by Gasteiger charge is 2.30. The van der Waals surface area contributed by atoms with E-state index in [9.17, 15) is 14.7 Å². The highest BCUT2D eigenvalue weighted by molar-refractivity contribution is 6.15. The predicted molar refractivity (Wildman–Crippen MR) is 123 cm³/mol. The average molecular weight is 434 g/mol. The molecule has 7 heteroatoms. The van der Waals surface area contributed by atoms with E-state index in [1.807, 2.05) is 24.3 Å². The second-order valence-electron chi connectivity index (χ2n) is 8.18. The van der Waals surface area contributed by atoms with Gasteiger partial charge in [0.1, 0.15) is 5.75 Å². The van der Waals surface area contributed by atoms with E-state index in [4.69, 9.17) is 4.74 Å². The van der Waals surface area contributed by atoms with Crippen molar-refractivity contribution in [1.29, 1.82) is 0 Å². The van der Waals surface area contributed by atoms with Crippen LogP contribution in [0.15, 0.2) is 54.7 Å². The summed E-state index contributed by atoms with van der Waals surface area (Å²) in [4.78, 5) is 30.1. The Balaban J connectivity index is 1.54. The maximum Gasteiger partial charge on any atom is 0.272 e. The molecule has 0 saturated heterocycles. The molecule has 0 atom stereocenters. The molecule has 0 unspecified atom stereocenters. The third-order valence-corrected chi connectivity index (χ3v) is 5.98. The summed E-state index contributed by atoms with van der Waals surface area (Å²) in [5, 5.41) is 17.8. The first-order valence-corrected chi connectivity index (χ1v) is 10.8. The maximum absolute atomic E-state index is 13.1. The van der Waals surface area contributed by atoms with Crippen LogP contribution >= 0.6 is 0 Å². The van der Waals surface area contributed by atoms with Gasteiger partial charge in [-0.2, -0.15) is 0 Å². The summed E-state index contributed by atoms with van der Waals surface area (Å²) in [6.45, 7) is 0.166. The number of benzene rings is 2. The van der Waals surface area contributed by atoms with Crippen LogP contribution in [-0.4, -0.2) is 41.2 Å². The third-order valence-electron chi connectivity index (χ3n) is 5.98. The van der Waals surface area contributed by atoms with E-state index in [0.29, 0.717) is 29.8 Å². The molecule has 1 heterocycles. The number of carbonyl (C=O) groups excluding carboxylic acids is 2. The molecule has 0 radical (unpaired) electrons. The number of fused-ring (bicyclic) bond motifs is 1. The molecule has 1 aromatic heterocycles. The fourth-order valence-electron chi connectivity index (χ4n) is 4.24. The van der Waals surface area contributed by atoms with Gasteiger partial charge < -0.3 is 20.5 Å². The van der Waals surface area contributed by atoms with Crippen LogP contribution in [-0.2, 0) is 0 Å². The van der Waals surface area contributed by atoms with Crippen LogP contribution in [0.25, 0.3) is 10.8 Å². The fraction of sp³-hybridized carbons (Fsp3) is 0.320. The van der Waals surface area contributed by atoms with Crippen molar-refractivity contribution in [3.05, 3.63) is 66.0 Å². The SMILES string of the molecule is COc1ccc(C(=O)Nc2cccnc2C(=O)NCC2(O)CCCCC2)c2ccccc12. The van der Waals surface area contributed by atoms with Gasteiger partial charge in [0.05, 0.1) is 18.4 Å². The lowest BCUT2D eigenvalue weighted by Crippen LogP contribution is -2.44. The zero-order chi connectivity index (χ0) is 22.6. The summed E-state index contributed by atoms with van der Waals surface area (Å²) < 4.78 is 5.40. The standard InChI is InChI=1S/C25H27N3O4/c1-32-21-12-11-19(17-8-3-4-9-18(17)21)23(29)28-20-10-7-15-26-22(20)24(30)27-16-25(31)13-5-2-6-14-25/h3-4,7-12,15,31H,2,5-6,13-14,16H2,1H3,(H,27,30)(H,28,29). The number of anilines is 1. The molecular formula is C25H27N3O4. The molecular weight excluding hydrogens is 406 g/mol. The van der Waals surface area contributed by atoms with Crippen LogP contribution in [0.2, 0.25) is 0 Å². The van der Waals surface area contributed by atoms with E-state index >= 15 is 0 Å². The number of amides is 2. The van der Waals surface area contributed by atoms with E-state index in [0.717, 1.165) is 30.0 Å². The Bertz CT molecular complexity index is 1140. The minimum atomic E-state index is -0.881. The zero-order valence-electron chi connectivity index (χ0n) is 18.1. The van der Waals surface area contributed by atoms with Crippen molar-refractivity contribution in [2.45, 2.75) is 37.7 Å². The van der Waals surface area contributed by atoms with Crippen molar-refractivity contribution in [2.24, 2.45) is 0 Å². The van der Waals surface area contributed by atoms with Crippen LogP contribution in [0.4, 0.5) is 5.69 Å². The fourth-order valence-corrected chi connectivity index (χ4v) is 4.24. The molecule has 1 aliphatic carbocycles. The first-order chi connectivity index (χ1) is 15.5. The lowest BCUT2D eigenvalue weighted by molar-refractivity contribution is 0.00521. The zero-order valence-corrected chi connectivity index (χ0v) is 18.1. The molecule has 7 nitrogen and oxygen atoms in total. The topological polar surface area (TPSA) is 101 Å². The van der Waals surface area contributed by atoms with Crippen molar-refractivity contribution in [3.63, 3.8) is 0 Å². The number of pyridine rings is 1. The molecule has 0 aliphatic heterocycles. The minimum Gasteiger partial charge on any atom is -0.496 e. The number of hydrogen-bond acceptors (Lipinski definition) is 5. The molecule has 0 bridgehead atoms. The quantitative estimate of drug-likeness (QED) is 0.547. The molecule has 0 spiro atoms. The second-order valence-corrected chi connectivity index (χ2v) is 8.18. The van der Waals surface area contributed by atoms with E-state index < -0.39 is 11.5 Å². The van der Waals surface area contributed by atoms with Gasteiger partial charge in [0, 0.05) is 23.7 Å². The molecule has 1 saturated carbocycles. The van der Waals surface area contributed by atoms with E-state index in [-0.39, 0.29) is 18.1 Å². The van der Waals surface area contributed by atoms with Crippen molar-refractivity contribution < 1.29 is 19.4 Å². The predicted octanol–water partition coefficient (Wildman–Crippen LogP) is 3.92. The van der Waals surface area contributed by atoms with Gasteiger partial charge in [-0.05, 0) is 42.5 Å². The Morgan fingerprint density at radius 3 is 2.50 bits per heavy atom.